The van der Waals surface area contributed by atoms with E-state index >= 15 is 0 Å². The molecule has 3 rings (SSSR count). The number of carbonyl (C=O) groups is 3. The second-order valence-corrected chi connectivity index (χ2v) is 7.90. The molecule has 2 N–H and O–H groups in total. The third kappa shape index (κ3) is 6.63. The zero-order valence-electron chi connectivity index (χ0n) is 18.1. The fourth-order valence-electron chi connectivity index (χ4n) is 2.90. The van der Waals surface area contributed by atoms with E-state index in [1.165, 1.54) is 13.0 Å². The van der Waals surface area contributed by atoms with Crippen molar-refractivity contribution in [3.8, 4) is 16.9 Å². The summed E-state index contributed by atoms with van der Waals surface area (Å²) >= 11 is 3.43. The summed E-state index contributed by atoms with van der Waals surface area (Å²) in [6, 6.07) is 16.6. The van der Waals surface area contributed by atoms with Crippen LogP contribution >= 0.6 is 15.9 Å². The number of ether oxygens (including phenoxy) is 1. The number of carbonyl (C=O) groups excluding carboxylic acids is 3. The molecule has 0 aliphatic heterocycles. The van der Waals surface area contributed by atoms with Gasteiger partial charge in [-0.25, -0.2) is 14.3 Å². The molecule has 0 fully saturated rings. The summed E-state index contributed by atoms with van der Waals surface area (Å²) in [6.07, 6.45) is 3.48. The Bertz CT molecular complexity index is 1160. The van der Waals surface area contributed by atoms with Crippen LogP contribution in [0.4, 0.5) is 4.79 Å². The van der Waals surface area contributed by atoms with Gasteiger partial charge in [0.1, 0.15) is 0 Å². The number of urea groups is 1. The molecule has 0 bridgehead atoms. The van der Waals surface area contributed by atoms with Gasteiger partial charge in [-0.2, -0.15) is 5.10 Å². The van der Waals surface area contributed by atoms with E-state index in [0.717, 1.165) is 15.7 Å². The highest BCUT2D eigenvalue weighted by Crippen LogP contribution is 2.26. The average Bonchev–Trinajstić information content (AvgIpc) is 3.23. The Morgan fingerprint density at radius 1 is 1.12 bits per heavy atom. The number of rotatable bonds is 7. The first kappa shape index (κ1) is 23.9. The number of nitrogens with one attached hydrogen (secondary N) is 2. The highest BCUT2D eigenvalue weighted by Gasteiger charge is 2.19. The Labute approximate surface area is 199 Å². The van der Waals surface area contributed by atoms with Crippen LogP contribution in [0, 0.1) is 0 Å². The molecule has 2 aromatic carbocycles. The molecule has 1 aromatic heterocycles. The Hall–Kier alpha value is -3.72. The number of amides is 3. The highest BCUT2D eigenvalue weighted by molar-refractivity contribution is 9.10. The van der Waals surface area contributed by atoms with E-state index in [1.807, 2.05) is 60.8 Å². The summed E-state index contributed by atoms with van der Waals surface area (Å²) < 4.78 is 7.78. The monoisotopic (exact) mass is 510 g/mol. The SMILES string of the molecule is CCNC(=O)NC(=O)C(C)OC(=O)/C=C/c1cn(-c2ccccc2)nc1-c1ccc(Br)cc1. The molecular formula is C24H23BrN4O4. The van der Waals surface area contributed by atoms with Crippen LogP contribution in [0.3, 0.4) is 0 Å². The maximum absolute atomic E-state index is 12.3. The summed E-state index contributed by atoms with van der Waals surface area (Å²) in [5, 5.41) is 9.23. The summed E-state index contributed by atoms with van der Waals surface area (Å²) in [7, 11) is 0. The Balaban J connectivity index is 1.79. The first-order chi connectivity index (χ1) is 15.9. The van der Waals surface area contributed by atoms with Crippen LogP contribution in [-0.4, -0.2) is 40.3 Å². The fourth-order valence-corrected chi connectivity index (χ4v) is 3.16. The van der Waals surface area contributed by atoms with E-state index in [9.17, 15) is 14.4 Å². The molecule has 33 heavy (non-hydrogen) atoms. The van der Waals surface area contributed by atoms with Crippen LogP contribution < -0.4 is 10.6 Å². The topological polar surface area (TPSA) is 102 Å². The molecule has 9 heteroatoms. The molecule has 8 nitrogen and oxygen atoms in total. The van der Waals surface area contributed by atoms with E-state index in [1.54, 1.807) is 17.7 Å². The predicted octanol–water partition coefficient (Wildman–Crippen LogP) is 4.09. The quantitative estimate of drug-likeness (QED) is 0.368. The van der Waals surface area contributed by atoms with Gasteiger partial charge < -0.3 is 10.1 Å². The van der Waals surface area contributed by atoms with E-state index in [2.05, 4.69) is 31.7 Å². The number of nitrogens with zero attached hydrogens (tertiary/aromatic N) is 2. The summed E-state index contributed by atoms with van der Waals surface area (Å²) in [4.78, 5) is 35.7. The van der Waals surface area contributed by atoms with Crippen molar-refractivity contribution < 1.29 is 19.1 Å². The van der Waals surface area contributed by atoms with Crippen LogP contribution in [0.5, 0.6) is 0 Å². The molecule has 0 saturated carbocycles. The Morgan fingerprint density at radius 2 is 1.82 bits per heavy atom. The Morgan fingerprint density at radius 3 is 2.48 bits per heavy atom. The lowest BCUT2D eigenvalue weighted by Crippen LogP contribution is -2.44. The summed E-state index contributed by atoms with van der Waals surface area (Å²) in [5.41, 5.74) is 3.11. The molecule has 170 valence electrons. The standard InChI is InChI=1S/C24H23BrN4O4/c1-3-26-24(32)27-23(31)16(2)33-21(30)14-11-18-15-29(20-7-5-4-6-8-20)28-22(18)17-9-12-19(25)13-10-17/h4-16H,3H2,1-2H3,(H2,26,27,31,32)/b14-11+. The lowest BCUT2D eigenvalue weighted by atomic mass is 10.1. The van der Waals surface area contributed by atoms with Gasteiger partial charge in [-0.1, -0.05) is 46.3 Å². The number of hydrogen-bond donors (Lipinski definition) is 2. The van der Waals surface area contributed by atoms with Gasteiger partial charge in [0.05, 0.1) is 11.4 Å². The van der Waals surface area contributed by atoms with Gasteiger partial charge in [0.25, 0.3) is 5.91 Å². The number of para-hydroxylation sites is 1. The average molecular weight is 511 g/mol. The minimum absolute atomic E-state index is 0.368. The Kier molecular flexibility index (Phi) is 8.15. The van der Waals surface area contributed by atoms with Crippen molar-refractivity contribution in [1.82, 2.24) is 20.4 Å². The third-order valence-corrected chi connectivity index (χ3v) is 5.04. The molecule has 1 atom stereocenters. The van der Waals surface area contributed by atoms with Crippen molar-refractivity contribution in [2.75, 3.05) is 6.54 Å². The first-order valence-electron chi connectivity index (χ1n) is 10.3. The predicted molar refractivity (Wildman–Crippen MR) is 129 cm³/mol. The van der Waals surface area contributed by atoms with Gasteiger partial charge in [0, 0.05) is 34.4 Å². The van der Waals surface area contributed by atoms with Crippen LogP contribution in [0.2, 0.25) is 0 Å². The van der Waals surface area contributed by atoms with E-state index in [-0.39, 0.29) is 0 Å². The maximum atomic E-state index is 12.3. The van der Waals surface area contributed by atoms with E-state index in [0.29, 0.717) is 17.8 Å². The lowest BCUT2D eigenvalue weighted by Gasteiger charge is -2.11. The second kappa shape index (κ2) is 11.2. The van der Waals surface area contributed by atoms with Crippen molar-refractivity contribution in [1.29, 1.82) is 0 Å². The van der Waals surface area contributed by atoms with E-state index < -0.39 is 24.0 Å². The highest BCUT2D eigenvalue weighted by atomic mass is 79.9. The number of halogens is 1. The zero-order chi connectivity index (χ0) is 23.8. The molecule has 0 saturated heterocycles. The molecule has 1 heterocycles. The van der Waals surface area contributed by atoms with E-state index in [4.69, 9.17) is 4.74 Å². The van der Waals surface area contributed by atoms with Gasteiger partial charge in [-0.15, -0.1) is 0 Å². The second-order valence-electron chi connectivity index (χ2n) is 6.98. The van der Waals surface area contributed by atoms with Crippen molar-refractivity contribution in [3.63, 3.8) is 0 Å². The smallest absolute Gasteiger partial charge is 0.331 e. The molecule has 3 amide bonds. The molecule has 0 spiro atoms. The minimum Gasteiger partial charge on any atom is -0.449 e. The molecule has 0 aliphatic rings. The van der Waals surface area contributed by atoms with Gasteiger partial charge in [0.15, 0.2) is 6.10 Å². The molecule has 3 aromatic rings. The normalized spacial score (nSPS) is 11.7. The van der Waals surface area contributed by atoms with Crippen LogP contribution in [0.15, 0.2) is 71.3 Å². The molecule has 1 unspecified atom stereocenters. The van der Waals surface area contributed by atoms with Crippen LogP contribution in [-0.2, 0) is 14.3 Å². The summed E-state index contributed by atoms with van der Waals surface area (Å²) in [6.45, 7) is 3.48. The molecule has 0 radical (unpaired) electrons. The number of imide groups is 1. The van der Waals surface area contributed by atoms with Crippen molar-refractivity contribution >= 4 is 39.9 Å². The van der Waals surface area contributed by atoms with Gasteiger partial charge in [-0.05, 0) is 44.2 Å². The number of aromatic nitrogens is 2. The largest absolute Gasteiger partial charge is 0.449 e. The van der Waals surface area contributed by atoms with Crippen LogP contribution in [0.25, 0.3) is 23.0 Å². The third-order valence-electron chi connectivity index (χ3n) is 4.52. The molecule has 0 aliphatic carbocycles. The number of benzene rings is 2. The number of hydrogen-bond acceptors (Lipinski definition) is 5. The summed E-state index contributed by atoms with van der Waals surface area (Å²) in [5.74, 6) is -1.43. The fraction of sp³-hybridized carbons (Fsp3) is 0.167. The van der Waals surface area contributed by atoms with Gasteiger partial charge in [-0.3, -0.25) is 10.1 Å². The van der Waals surface area contributed by atoms with Gasteiger partial charge >= 0.3 is 12.0 Å². The van der Waals surface area contributed by atoms with Crippen molar-refractivity contribution in [2.24, 2.45) is 0 Å². The molecular weight excluding hydrogens is 488 g/mol. The van der Waals surface area contributed by atoms with Crippen molar-refractivity contribution in [3.05, 3.63) is 76.9 Å². The lowest BCUT2D eigenvalue weighted by molar-refractivity contribution is -0.149. The minimum atomic E-state index is -1.14. The van der Waals surface area contributed by atoms with Gasteiger partial charge in [0.2, 0.25) is 0 Å². The van der Waals surface area contributed by atoms with Crippen molar-refractivity contribution in [2.45, 2.75) is 20.0 Å². The van der Waals surface area contributed by atoms with Crippen LogP contribution in [0.1, 0.15) is 19.4 Å². The zero-order valence-corrected chi connectivity index (χ0v) is 19.7. The number of esters is 1. The first-order valence-corrected chi connectivity index (χ1v) is 11.0. The maximum Gasteiger partial charge on any atom is 0.331 e.